The Balaban J connectivity index is 2.62. The first-order valence-corrected chi connectivity index (χ1v) is 8.14. The number of sulfone groups is 1. The van der Waals surface area contributed by atoms with E-state index < -0.39 is 14.6 Å². The van der Waals surface area contributed by atoms with Crippen LogP contribution in [0.5, 0.6) is 0 Å². The minimum Gasteiger partial charge on any atom is -0.311 e. The zero-order valence-electron chi connectivity index (χ0n) is 11.7. The van der Waals surface area contributed by atoms with E-state index >= 15 is 0 Å². The van der Waals surface area contributed by atoms with Crippen LogP contribution in [0.2, 0.25) is 0 Å². The molecule has 0 aliphatic rings. The number of hydrogen-bond acceptors (Lipinski definition) is 3. The number of hydrogen-bond donors (Lipinski definition) is 1. The predicted octanol–water partition coefficient (Wildman–Crippen LogP) is 2.16. The van der Waals surface area contributed by atoms with E-state index in [1.54, 1.807) is 13.8 Å². The summed E-state index contributed by atoms with van der Waals surface area (Å²) in [5.41, 5.74) is 2.55. The molecule has 0 aliphatic heterocycles. The third-order valence-corrected chi connectivity index (χ3v) is 5.52. The molecule has 0 bridgehead atoms. The zero-order chi connectivity index (χ0) is 13.8. The summed E-state index contributed by atoms with van der Waals surface area (Å²) in [6.45, 7) is 6.80. The zero-order valence-corrected chi connectivity index (χ0v) is 12.5. The van der Waals surface area contributed by atoms with Crippen LogP contribution in [0.25, 0.3) is 0 Å². The summed E-state index contributed by atoms with van der Waals surface area (Å²) >= 11 is 0. The van der Waals surface area contributed by atoms with Crippen LogP contribution >= 0.6 is 0 Å². The van der Waals surface area contributed by atoms with Gasteiger partial charge in [-0.15, -0.1) is 0 Å². The number of rotatable bonds is 6. The smallest absolute Gasteiger partial charge is 0.153 e. The van der Waals surface area contributed by atoms with Crippen LogP contribution in [0.15, 0.2) is 24.3 Å². The average molecular weight is 269 g/mol. The van der Waals surface area contributed by atoms with E-state index in [0.29, 0.717) is 13.1 Å². The minimum absolute atomic E-state index is 0.462. The fraction of sp³-hybridized carbons (Fsp3) is 0.571. The summed E-state index contributed by atoms with van der Waals surface area (Å²) in [5, 5.41) is 3.24. The molecule has 0 radical (unpaired) electrons. The summed E-state index contributed by atoms with van der Waals surface area (Å²) in [4.78, 5) is 0. The number of aryl methyl sites for hydroxylation is 1. The van der Waals surface area contributed by atoms with Gasteiger partial charge in [-0.3, -0.25) is 0 Å². The molecule has 0 atom stereocenters. The molecule has 0 amide bonds. The molecule has 0 saturated carbocycles. The summed E-state index contributed by atoms with van der Waals surface area (Å²) in [7, 11) is -3.03. The van der Waals surface area contributed by atoms with Crippen molar-refractivity contribution in [3.8, 4) is 0 Å². The highest BCUT2D eigenvalue weighted by atomic mass is 32.2. The second-order valence-electron chi connectivity index (χ2n) is 5.26. The number of nitrogens with one attached hydrogen (secondary N) is 1. The van der Waals surface area contributed by atoms with Crippen molar-refractivity contribution in [3.05, 3.63) is 35.4 Å². The lowest BCUT2D eigenvalue weighted by Gasteiger charge is -2.23. The first kappa shape index (κ1) is 15.2. The van der Waals surface area contributed by atoms with E-state index in [4.69, 9.17) is 0 Å². The van der Waals surface area contributed by atoms with E-state index in [1.165, 1.54) is 17.4 Å². The lowest BCUT2D eigenvalue weighted by atomic mass is 10.1. The third kappa shape index (κ3) is 3.82. The standard InChI is InChI=1S/C14H23NO2S/c1-5-12-8-6-7-9-13(12)10-15-11-14(2,3)18(4,16)17/h6-9,15H,5,10-11H2,1-4H3. The number of benzene rings is 1. The Morgan fingerprint density at radius 2 is 1.72 bits per heavy atom. The fourth-order valence-corrected chi connectivity index (χ4v) is 2.07. The van der Waals surface area contributed by atoms with Gasteiger partial charge in [0.1, 0.15) is 0 Å². The van der Waals surface area contributed by atoms with Gasteiger partial charge in [-0.1, -0.05) is 31.2 Å². The molecule has 0 heterocycles. The highest BCUT2D eigenvalue weighted by Crippen LogP contribution is 2.14. The summed E-state index contributed by atoms with van der Waals surface area (Å²) in [6.07, 6.45) is 2.28. The van der Waals surface area contributed by atoms with Gasteiger partial charge < -0.3 is 5.32 Å². The van der Waals surface area contributed by atoms with Gasteiger partial charge in [-0.2, -0.15) is 0 Å². The molecular weight excluding hydrogens is 246 g/mol. The quantitative estimate of drug-likeness (QED) is 0.861. The second-order valence-corrected chi connectivity index (χ2v) is 7.91. The first-order valence-electron chi connectivity index (χ1n) is 6.25. The van der Waals surface area contributed by atoms with E-state index in [2.05, 4.69) is 24.4 Å². The van der Waals surface area contributed by atoms with Gasteiger partial charge in [0.15, 0.2) is 9.84 Å². The van der Waals surface area contributed by atoms with Crippen LogP contribution in [0.1, 0.15) is 31.9 Å². The molecule has 0 spiro atoms. The molecule has 1 rings (SSSR count). The lowest BCUT2D eigenvalue weighted by molar-refractivity contribution is 0.521. The van der Waals surface area contributed by atoms with Gasteiger partial charge in [0.2, 0.25) is 0 Å². The SMILES string of the molecule is CCc1ccccc1CNCC(C)(C)S(C)(=O)=O. The monoisotopic (exact) mass is 269 g/mol. The molecule has 18 heavy (non-hydrogen) atoms. The van der Waals surface area contributed by atoms with Crippen molar-refractivity contribution in [2.75, 3.05) is 12.8 Å². The van der Waals surface area contributed by atoms with Crippen molar-refractivity contribution in [1.29, 1.82) is 0 Å². The Morgan fingerprint density at radius 3 is 2.22 bits per heavy atom. The van der Waals surface area contributed by atoms with Crippen LogP contribution in [0, 0.1) is 0 Å². The third-order valence-electron chi connectivity index (χ3n) is 3.37. The van der Waals surface area contributed by atoms with Crippen molar-refractivity contribution in [2.24, 2.45) is 0 Å². The Kier molecular flexibility index (Phi) is 4.93. The topological polar surface area (TPSA) is 46.2 Å². The van der Waals surface area contributed by atoms with Gasteiger partial charge in [0.25, 0.3) is 0 Å². The maximum Gasteiger partial charge on any atom is 0.153 e. The van der Waals surface area contributed by atoms with Gasteiger partial charge in [-0.05, 0) is 31.4 Å². The molecule has 0 fully saturated rings. The van der Waals surface area contributed by atoms with Gasteiger partial charge in [0, 0.05) is 19.3 Å². The Hall–Kier alpha value is -0.870. The summed E-state index contributed by atoms with van der Waals surface area (Å²) in [5.74, 6) is 0. The van der Waals surface area contributed by atoms with Gasteiger partial charge >= 0.3 is 0 Å². The lowest BCUT2D eigenvalue weighted by Crippen LogP contribution is -2.41. The molecule has 102 valence electrons. The van der Waals surface area contributed by atoms with E-state index in [1.807, 2.05) is 12.1 Å². The van der Waals surface area contributed by atoms with E-state index in [9.17, 15) is 8.42 Å². The Labute approximate surface area is 111 Å². The van der Waals surface area contributed by atoms with Crippen LogP contribution in [0.3, 0.4) is 0 Å². The van der Waals surface area contributed by atoms with Gasteiger partial charge in [-0.25, -0.2) is 8.42 Å². The van der Waals surface area contributed by atoms with Crippen molar-refractivity contribution in [2.45, 2.75) is 38.5 Å². The van der Waals surface area contributed by atoms with E-state index in [-0.39, 0.29) is 0 Å². The second kappa shape index (κ2) is 5.85. The predicted molar refractivity (Wildman–Crippen MR) is 76.4 cm³/mol. The Bertz CT molecular complexity index is 492. The maximum atomic E-state index is 11.6. The molecular formula is C14H23NO2S. The highest BCUT2D eigenvalue weighted by Gasteiger charge is 2.29. The summed E-state index contributed by atoms with van der Waals surface area (Å²) < 4.78 is 22.4. The molecule has 0 saturated heterocycles. The fourth-order valence-electron chi connectivity index (χ4n) is 1.70. The van der Waals surface area contributed by atoms with Crippen molar-refractivity contribution in [1.82, 2.24) is 5.32 Å². The molecule has 3 nitrogen and oxygen atoms in total. The average Bonchev–Trinajstić information content (AvgIpc) is 2.28. The maximum absolute atomic E-state index is 11.6. The largest absolute Gasteiger partial charge is 0.311 e. The Morgan fingerprint density at radius 1 is 1.17 bits per heavy atom. The molecule has 0 aliphatic carbocycles. The normalized spacial score (nSPS) is 12.7. The highest BCUT2D eigenvalue weighted by molar-refractivity contribution is 7.92. The minimum atomic E-state index is -3.03. The van der Waals surface area contributed by atoms with Crippen LogP contribution in [0.4, 0.5) is 0 Å². The molecule has 0 unspecified atom stereocenters. The van der Waals surface area contributed by atoms with Crippen molar-refractivity contribution < 1.29 is 8.42 Å². The van der Waals surface area contributed by atoms with Crippen LogP contribution in [-0.2, 0) is 22.8 Å². The van der Waals surface area contributed by atoms with Crippen LogP contribution < -0.4 is 5.32 Å². The van der Waals surface area contributed by atoms with Crippen LogP contribution in [-0.4, -0.2) is 26.0 Å². The van der Waals surface area contributed by atoms with Crippen molar-refractivity contribution in [3.63, 3.8) is 0 Å². The van der Waals surface area contributed by atoms with E-state index in [0.717, 1.165) is 6.42 Å². The van der Waals surface area contributed by atoms with Crippen molar-refractivity contribution >= 4 is 9.84 Å². The molecule has 4 heteroatoms. The first-order chi connectivity index (χ1) is 8.28. The molecule has 1 aromatic carbocycles. The van der Waals surface area contributed by atoms with Gasteiger partial charge in [0.05, 0.1) is 4.75 Å². The molecule has 0 aromatic heterocycles. The summed E-state index contributed by atoms with van der Waals surface area (Å²) in [6, 6.07) is 8.23. The molecule has 1 aromatic rings. The molecule has 1 N–H and O–H groups in total.